The average Bonchev–Trinajstić information content (AvgIpc) is 2.97. The molecule has 0 aliphatic carbocycles. The second-order valence-corrected chi connectivity index (χ2v) is 7.27. The number of carbonyl (C=O) groups excluding carboxylic acids is 2. The third kappa shape index (κ3) is 5.25. The standard InChI is InChI=1S/C22H23ClN4O3/c1-14-7-9-16(10-8-14)12-27-21(23)20(15(2)26-27)22(29)25-18-6-4-5-17(11-18)24-19(28)13-30-3/h4-11H,12-13H2,1-3H3,(H,24,28)(H,25,29). The topological polar surface area (TPSA) is 85.2 Å². The molecule has 156 valence electrons. The van der Waals surface area contributed by atoms with E-state index in [-0.39, 0.29) is 23.6 Å². The number of anilines is 2. The minimum absolute atomic E-state index is 0.0500. The summed E-state index contributed by atoms with van der Waals surface area (Å²) in [5.74, 6) is -0.648. The van der Waals surface area contributed by atoms with Crippen molar-refractivity contribution in [1.29, 1.82) is 0 Å². The number of nitrogens with zero attached hydrogens (tertiary/aromatic N) is 2. The van der Waals surface area contributed by atoms with Gasteiger partial charge in [-0.15, -0.1) is 0 Å². The van der Waals surface area contributed by atoms with E-state index in [0.29, 0.717) is 29.2 Å². The maximum atomic E-state index is 12.8. The van der Waals surface area contributed by atoms with Gasteiger partial charge in [0.1, 0.15) is 11.8 Å². The first-order valence-electron chi connectivity index (χ1n) is 9.36. The number of aryl methyl sites for hydroxylation is 2. The second-order valence-electron chi connectivity index (χ2n) is 6.91. The molecule has 8 heteroatoms. The Kier molecular flexibility index (Phi) is 6.87. The Morgan fingerprint density at radius 2 is 1.73 bits per heavy atom. The predicted octanol–water partition coefficient (Wildman–Crippen LogP) is 4.04. The lowest BCUT2D eigenvalue weighted by molar-refractivity contribution is -0.119. The van der Waals surface area contributed by atoms with Crippen LogP contribution in [0, 0.1) is 13.8 Å². The smallest absolute Gasteiger partial charge is 0.260 e. The summed E-state index contributed by atoms with van der Waals surface area (Å²) in [6, 6.07) is 14.9. The van der Waals surface area contributed by atoms with Crippen molar-refractivity contribution in [3.8, 4) is 0 Å². The van der Waals surface area contributed by atoms with E-state index < -0.39 is 0 Å². The Labute approximate surface area is 180 Å². The SMILES string of the molecule is COCC(=O)Nc1cccc(NC(=O)c2c(C)nn(Cc3ccc(C)cc3)c2Cl)c1. The van der Waals surface area contributed by atoms with E-state index in [1.807, 2.05) is 31.2 Å². The van der Waals surface area contributed by atoms with Crippen LogP contribution in [-0.2, 0) is 16.1 Å². The van der Waals surface area contributed by atoms with Crippen molar-refractivity contribution in [2.24, 2.45) is 0 Å². The minimum atomic E-state index is -0.368. The lowest BCUT2D eigenvalue weighted by atomic mass is 10.1. The summed E-state index contributed by atoms with van der Waals surface area (Å²) in [7, 11) is 1.45. The van der Waals surface area contributed by atoms with E-state index in [1.54, 1.807) is 35.9 Å². The van der Waals surface area contributed by atoms with Crippen molar-refractivity contribution in [2.45, 2.75) is 20.4 Å². The Morgan fingerprint density at radius 1 is 1.07 bits per heavy atom. The van der Waals surface area contributed by atoms with Gasteiger partial charge in [-0.25, -0.2) is 4.68 Å². The molecule has 30 heavy (non-hydrogen) atoms. The van der Waals surface area contributed by atoms with Crippen LogP contribution in [0.3, 0.4) is 0 Å². The fourth-order valence-electron chi connectivity index (χ4n) is 2.98. The van der Waals surface area contributed by atoms with Crippen LogP contribution >= 0.6 is 11.6 Å². The van der Waals surface area contributed by atoms with Crippen LogP contribution in [0.25, 0.3) is 0 Å². The van der Waals surface area contributed by atoms with Gasteiger partial charge in [0.05, 0.1) is 17.8 Å². The van der Waals surface area contributed by atoms with Crippen molar-refractivity contribution in [3.63, 3.8) is 0 Å². The number of methoxy groups -OCH3 is 1. The minimum Gasteiger partial charge on any atom is -0.375 e. The Morgan fingerprint density at radius 3 is 2.40 bits per heavy atom. The lowest BCUT2D eigenvalue weighted by Crippen LogP contribution is -2.17. The van der Waals surface area contributed by atoms with E-state index in [1.165, 1.54) is 12.7 Å². The van der Waals surface area contributed by atoms with E-state index in [0.717, 1.165) is 5.56 Å². The normalized spacial score (nSPS) is 10.7. The molecular weight excluding hydrogens is 404 g/mol. The zero-order valence-corrected chi connectivity index (χ0v) is 17.8. The van der Waals surface area contributed by atoms with E-state index >= 15 is 0 Å². The molecule has 0 radical (unpaired) electrons. The molecule has 2 N–H and O–H groups in total. The van der Waals surface area contributed by atoms with Gasteiger partial charge in [-0.1, -0.05) is 47.5 Å². The summed E-state index contributed by atoms with van der Waals surface area (Å²) in [6.45, 7) is 4.18. The quantitative estimate of drug-likeness (QED) is 0.597. The number of amides is 2. The van der Waals surface area contributed by atoms with Crippen LogP contribution in [-0.4, -0.2) is 35.3 Å². The molecule has 0 spiro atoms. The molecule has 7 nitrogen and oxygen atoms in total. The molecule has 2 aromatic carbocycles. The van der Waals surface area contributed by atoms with Crippen LogP contribution in [0.5, 0.6) is 0 Å². The molecule has 3 aromatic rings. The fraction of sp³-hybridized carbons (Fsp3) is 0.227. The van der Waals surface area contributed by atoms with Crippen molar-refractivity contribution in [3.05, 3.63) is 76.1 Å². The Bertz CT molecular complexity index is 1060. The highest BCUT2D eigenvalue weighted by atomic mass is 35.5. The van der Waals surface area contributed by atoms with Crippen molar-refractivity contribution in [1.82, 2.24) is 9.78 Å². The van der Waals surface area contributed by atoms with Gasteiger partial charge in [-0.05, 0) is 37.6 Å². The average molecular weight is 427 g/mol. The van der Waals surface area contributed by atoms with E-state index in [9.17, 15) is 9.59 Å². The van der Waals surface area contributed by atoms with E-state index in [4.69, 9.17) is 16.3 Å². The highest BCUT2D eigenvalue weighted by Gasteiger charge is 2.20. The number of nitrogens with one attached hydrogen (secondary N) is 2. The number of ether oxygens (including phenoxy) is 1. The van der Waals surface area contributed by atoms with Gasteiger partial charge in [0.15, 0.2) is 0 Å². The van der Waals surface area contributed by atoms with Crippen LogP contribution in [0.4, 0.5) is 11.4 Å². The summed E-state index contributed by atoms with van der Waals surface area (Å²) in [5.41, 5.74) is 4.13. The van der Waals surface area contributed by atoms with Crippen LogP contribution in [0.1, 0.15) is 27.2 Å². The first kappa shape index (κ1) is 21.5. The summed E-state index contributed by atoms with van der Waals surface area (Å²) >= 11 is 6.48. The first-order valence-corrected chi connectivity index (χ1v) is 9.74. The van der Waals surface area contributed by atoms with Gasteiger partial charge in [-0.2, -0.15) is 5.10 Å². The van der Waals surface area contributed by atoms with Gasteiger partial charge in [0, 0.05) is 18.5 Å². The highest BCUT2D eigenvalue weighted by Crippen LogP contribution is 2.23. The Hall–Kier alpha value is -3.16. The summed E-state index contributed by atoms with van der Waals surface area (Å²) in [6.07, 6.45) is 0. The zero-order chi connectivity index (χ0) is 21.7. The molecule has 1 aromatic heterocycles. The van der Waals surface area contributed by atoms with Gasteiger partial charge in [-0.3, -0.25) is 9.59 Å². The lowest BCUT2D eigenvalue weighted by Gasteiger charge is -2.09. The summed E-state index contributed by atoms with van der Waals surface area (Å²) < 4.78 is 6.41. The summed E-state index contributed by atoms with van der Waals surface area (Å²) in [4.78, 5) is 24.5. The van der Waals surface area contributed by atoms with Crippen LogP contribution in [0.2, 0.25) is 5.15 Å². The second kappa shape index (κ2) is 9.56. The molecule has 0 aliphatic heterocycles. The zero-order valence-electron chi connectivity index (χ0n) is 17.0. The van der Waals surface area contributed by atoms with Crippen LogP contribution in [0.15, 0.2) is 48.5 Å². The predicted molar refractivity (Wildman–Crippen MR) is 117 cm³/mol. The third-order valence-corrected chi connectivity index (χ3v) is 4.81. The fourth-order valence-corrected chi connectivity index (χ4v) is 3.30. The highest BCUT2D eigenvalue weighted by molar-refractivity contribution is 6.33. The number of hydrogen-bond acceptors (Lipinski definition) is 4. The molecular formula is C22H23ClN4O3. The molecule has 0 aliphatic rings. The maximum absolute atomic E-state index is 12.8. The summed E-state index contributed by atoms with van der Waals surface area (Å²) in [5, 5.41) is 10.2. The number of aromatic nitrogens is 2. The number of halogens is 1. The van der Waals surface area contributed by atoms with Crippen molar-refractivity contribution < 1.29 is 14.3 Å². The number of rotatable bonds is 7. The van der Waals surface area contributed by atoms with Crippen molar-refractivity contribution in [2.75, 3.05) is 24.4 Å². The molecule has 3 rings (SSSR count). The molecule has 0 saturated heterocycles. The number of hydrogen-bond donors (Lipinski definition) is 2. The van der Waals surface area contributed by atoms with Gasteiger partial charge in [0.25, 0.3) is 5.91 Å². The van der Waals surface area contributed by atoms with Gasteiger partial charge >= 0.3 is 0 Å². The molecule has 0 fully saturated rings. The Balaban J connectivity index is 1.75. The molecule has 0 atom stereocenters. The monoisotopic (exact) mass is 426 g/mol. The molecule has 1 heterocycles. The number of carbonyl (C=O) groups is 2. The van der Waals surface area contributed by atoms with Crippen LogP contribution < -0.4 is 10.6 Å². The van der Waals surface area contributed by atoms with Gasteiger partial charge in [0.2, 0.25) is 5.91 Å². The molecule has 0 unspecified atom stereocenters. The molecule has 0 saturated carbocycles. The first-order chi connectivity index (χ1) is 14.4. The van der Waals surface area contributed by atoms with Crippen molar-refractivity contribution >= 4 is 34.8 Å². The molecule has 2 amide bonds. The number of benzene rings is 2. The largest absolute Gasteiger partial charge is 0.375 e. The third-order valence-electron chi connectivity index (χ3n) is 4.43. The van der Waals surface area contributed by atoms with Gasteiger partial charge < -0.3 is 15.4 Å². The maximum Gasteiger partial charge on any atom is 0.260 e. The van der Waals surface area contributed by atoms with E-state index in [2.05, 4.69) is 15.7 Å². The molecule has 0 bridgehead atoms.